The number of hydrogen-bond donors (Lipinski definition) is 1. The first kappa shape index (κ1) is 15.0. The van der Waals surface area contributed by atoms with Crippen LogP contribution in [0, 0.1) is 0 Å². The van der Waals surface area contributed by atoms with Gasteiger partial charge in [0.1, 0.15) is 0 Å². The number of amides is 1. The van der Waals surface area contributed by atoms with Gasteiger partial charge in [-0.3, -0.25) is 9.80 Å². The van der Waals surface area contributed by atoms with Crippen LogP contribution in [0.3, 0.4) is 0 Å². The molecular formula is C18H17ClN4O. The molecule has 1 N–H and O–H groups in total. The first-order valence-corrected chi connectivity index (χ1v) is 8.33. The lowest BCUT2D eigenvalue weighted by atomic mass is 10.1. The molecule has 2 aliphatic rings. The Morgan fingerprint density at radius 2 is 1.67 bits per heavy atom. The monoisotopic (exact) mass is 340 g/mol. The summed E-state index contributed by atoms with van der Waals surface area (Å²) in [7, 11) is 0. The fraction of sp³-hybridized carbons (Fsp3) is 0.222. The number of carbonyl (C=O) groups is 1. The fourth-order valence-corrected chi connectivity index (χ4v) is 3.18. The molecule has 122 valence electrons. The van der Waals surface area contributed by atoms with Crippen molar-refractivity contribution in [1.29, 1.82) is 0 Å². The lowest BCUT2D eigenvalue weighted by Gasteiger charge is -2.34. The van der Waals surface area contributed by atoms with Crippen LogP contribution in [0.15, 0.2) is 53.6 Å². The second kappa shape index (κ2) is 6.17. The first-order valence-electron chi connectivity index (χ1n) is 7.95. The third-order valence-electron chi connectivity index (χ3n) is 4.33. The van der Waals surface area contributed by atoms with E-state index in [2.05, 4.69) is 15.3 Å². The Kier molecular flexibility index (Phi) is 3.86. The third-order valence-corrected chi connectivity index (χ3v) is 4.59. The summed E-state index contributed by atoms with van der Waals surface area (Å²) in [4.78, 5) is 14.4. The van der Waals surface area contributed by atoms with Gasteiger partial charge in [-0.15, -0.1) is 0 Å². The highest BCUT2D eigenvalue weighted by molar-refractivity contribution is 6.53. The quantitative estimate of drug-likeness (QED) is 0.914. The molecule has 1 amide bonds. The maximum absolute atomic E-state index is 12.1. The summed E-state index contributed by atoms with van der Waals surface area (Å²) in [6, 6.07) is 15.5. The Morgan fingerprint density at radius 1 is 0.958 bits per heavy atom. The second-order valence-electron chi connectivity index (χ2n) is 5.87. The number of anilines is 2. The van der Waals surface area contributed by atoms with E-state index in [1.807, 2.05) is 53.5 Å². The van der Waals surface area contributed by atoms with Crippen LogP contribution >= 0.6 is 11.6 Å². The number of benzene rings is 2. The molecule has 2 heterocycles. The Bertz CT molecular complexity index is 795. The zero-order valence-electron chi connectivity index (χ0n) is 13.1. The summed E-state index contributed by atoms with van der Waals surface area (Å²) in [6.07, 6.45) is 0. The molecule has 0 spiro atoms. The van der Waals surface area contributed by atoms with E-state index in [1.54, 1.807) is 0 Å². The molecule has 1 saturated heterocycles. The average Bonchev–Trinajstić information content (AvgIpc) is 2.92. The summed E-state index contributed by atoms with van der Waals surface area (Å²) >= 11 is 5.94. The van der Waals surface area contributed by atoms with Crippen LogP contribution in [0.1, 0.15) is 5.56 Å². The number of carbonyl (C=O) groups excluding carboxylic acids is 1. The fourth-order valence-electron chi connectivity index (χ4n) is 3.05. The van der Waals surface area contributed by atoms with E-state index in [9.17, 15) is 4.79 Å². The van der Waals surface area contributed by atoms with Crippen molar-refractivity contribution in [3.63, 3.8) is 0 Å². The molecule has 0 bridgehead atoms. The van der Waals surface area contributed by atoms with Crippen LogP contribution in [0.25, 0.3) is 0 Å². The van der Waals surface area contributed by atoms with Crippen molar-refractivity contribution in [2.75, 3.05) is 36.4 Å². The summed E-state index contributed by atoms with van der Waals surface area (Å²) < 4.78 is 0. The number of fused-ring (bicyclic) bond motifs is 1. The normalized spacial score (nSPS) is 18.7. The highest BCUT2D eigenvalue weighted by Crippen LogP contribution is 2.24. The molecule has 0 saturated carbocycles. The lowest BCUT2D eigenvalue weighted by molar-refractivity contribution is -0.110. The van der Waals surface area contributed by atoms with Gasteiger partial charge in [0.05, 0.1) is 18.8 Å². The molecule has 0 radical (unpaired) electrons. The van der Waals surface area contributed by atoms with Gasteiger partial charge in [-0.05, 0) is 30.3 Å². The van der Waals surface area contributed by atoms with Gasteiger partial charge in [0, 0.05) is 29.4 Å². The molecule has 5 nitrogen and oxygen atoms in total. The smallest absolute Gasteiger partial charge is 0.276 e. The minimum absolute atomic E-state index is 0.128. The van der Waals surface area contributed by atoms with Crippen LogP contribution in [0.4, 0.5) is 11.4 Å². The van der Waals surface area contributed by atoms with E-state index in [-0.39, 0.29) is 5.91 Å². The molecular weight excluding hydrogens is 324 g/mol. The minimum atomic E-state index is -0.128. The molecule has 6 heteroatoms. The van der Waals surface area contributed by atoms with Crippen molar-refractivity contribution in [1.82, 2.24) is 5.01 Å². The zero-order valence-corrected chi connectivity index (χ0v) is 13.8. The van der Waals surface area contributed by atoms with Gasteiger partial charge in [-0.1, -0.05) is 29.8 Å². The van der Waals surface area contributed by atoms with Gasteiger partial charge in [0.25, 0.3) is 5.91 Å². The van der Waals surface area contributed by atoms with Gasteiger partial charge in [-0.25, -0.2) is 0 Å². The maximum atomic E-state index is 12.1. The van der Waals surface area contributed by atoms with Crippen molar-refractivity contribution < 1.29 is 4.79 Å². The standard InChI is InChI=1S/C18H17ClN4O/c19-13-5-7-14(8-6-13)22-9-11-23(12-10-22)21-17-15-3-1-2-4-16(15)20-18(17)24/h1-8H,9-12H2,(H,20,21,24). The van der Waals surface area contributed by atoms with Crippen LogP contribution in [0.5, 0.6) is 0 Å². The number of para-hydroxylation sites is 1. The third kappa shape index (κ3) is 2.83. The minimum Gasteiger partial charge on any atom is -0.368 e. The highest BCUT2D eigenvalue weighted by Gasteiger charge is 2.27. The first-order chi connectivity index (χ1) is 11.7. The summed E-state index contributed by atoms with van der Waals surface area (Å²) in [5, 5.41) is 10.2. The van der Waals surface area contributed by atoms with Crippen molar-refractivity contribution >= 4 is 34.6 Å². The number of nitrogens with one attached hydrogen (secondary N) is 1. The molecule has 0 atom stereocenters. The van der Waals surface area contributed by atoms with E-state index in [0.29, 0.717) is 5.71 Å². The molecule has 2 aliphatic heterocycles. The molecule has 4 rings (SSSR count). The molecule has 0 unspecified atom stereocenters. The SMILES string of the molecule is O=C1Nc2ccccc2/C1=N\N1CCN(c2ccc(Cl)cc2)CC1. The predicted molar refractivity (Wildman–Crippen MR) is 96.8 cm³/mol. The van der Waals surface area contributed by atoms with Crippen molar-refractivity contribution in [3.8, 4) is 0 Å². The number of hydrazone groups is 1. The summed E-state index contributed by atoms with van der Waals surface area (Å²) in [5.41, 5.74) is 3.38. The van der Waals surface area contributed by atoms with Crippen molar-refractivity contribution in [2.24, 2.45) is 5.10 Å². The van der Waals surface area contributed by atoms with Crippen LogP contribution in [-0.4, -0.2) is 42.8 Å². The lowest BCUT2D eigenvalue weighted by Crippen LogP contribution is -2.44. The Hall–Kier alpha value is -2.53. The summed E-state index contributed by atoms with van der Waals surface area (Å²) in [6.45, 7) is 3.28. The summed E-state index contributed by atoms with van der Waals surface area (Å²) in [5.74, 6) is -0.128. The number of nitrogens with zero attached hydrogens (tertiary/aromatic N) is 3. The van der Waals surface area contributed by atoms with Crippen LogP contribution in [-0.2, 0) is 4.79 Å². The Labute approximate surface area is 145 Å². The van der Waals surface area contributed by atoms with Gasteiger partial charge in [-0.2, -0.15) is 5.10 Å². The molecule has 0 aromatic heterocycles. The van der Waals surface area contributed by atoms with Crippen LogP contribution < -0.4 is 10.2 Å². The van der Waals surface area contributed by atoms with Gasteiger partial charge >= 0.3 is 0 Å². The van der Waals surface area contributed by atoms with E-state index in [0.717, 1.165) is 48.1 Å². The van der Waals surface area contributed by atoms with E-state index in [4.69, 9.17) is 11.6 Å². The number of halogens is 1. The van der Waals surface area contributed by atoms with Gasteiger partial charge < -0.3 is 10.2 Å². The van der Waals surface area contributed by atoms with E-state index < -0.39 is 0 Å². The second-order valence-corrected chi connectivity index (χ2v) is 6.30. The van der Waals surface area contributed by atoms with E-state index >= 15 is 0 Å². The molecule has 1 fully saturated rings. The van der Waals surface area contributed by atoms with Crippen molar-refractivity contribution in [2.45, 2.75) is 0 Å². The highest BCUT2D eigenvalue weighted by atomic mass is 35.5. The predicted octanol–water partition coefficient (Wildman–Crippen LogP) is 2.82. The topological polar surface area (TPSA) is 47.9 Å². The van der Waals surface area contributed by atoms with Crippen molar-refractivity contribution in [3.05, 3.63) is 59.1 Å². The maximum Gasteiger partial charge on any atom is 0.276 e. The molecule has 0 aliphatic carbocycles. The average molecular weight is 341 g/mol. The number of piperazine rings is 1. The molecule has 24 heavy (non-hydrogen) atoms. The molecule has 2 aromatic carbocycles. The number of rotatable bonds is 2. The van der Waals surface area contributed by atoms with Gasteiger partial charge in [0.2, 0.25) is 0 Å². The molecule has 2 aromatic rings. The largest absolute Gasteiger partial charge is 0.368 e. The zero-order chi connectivity index (χ0) is 16.5. The van der Waals surface area contributed by atoms with Gasteiger partial charge in [0.15, 0.2) is 5.71 Å². The Balaban J connectivity index is 1.47. The van der Waals surface area contributed by atoms with Crippen LogP contribution in [0.2, 0.25) is 5.02 Å². The Morgan fingerprint density at radius 3 is 2.42 bits per heavy atom. The number of hydrogen-bond acceptors (Lipinski definition) is 4. The van der Waals surface area contributed by atoms with E-state index in [1.165, 1.54) is 0 Å².